The normalized spacial score (nSPS) is 26.1. The molecule has 10 heavy (non-hydrogen) atoms. The zero-order valence-corrected chi connectivity index (χ0v) is 6.98. The van der Waals surface area contributed by atoms with Gasteiger partial charge in [0.25, 0.3) is 0 Å². The molecular formula is C8H18N2. The fourth-order valence-electron chi connectivity index (χ4n) is 1.27. The third-order valence-electron chi connectivity index (χ3n) is 2.28. The molecule has 1 fully saturated rings. The fourth-order valence-corrected chi connectivity index (χ4v) is 1.27. The smallest absolute Gasteiger partial charge is 0.00847 e. The van der Waals surface area contributed by atoms with Crippen LogP contribution < -0.4 is 11.1 Å². The quantitative estimate of drug-likeness (QED) is 0.609. The van der Waals surface area contributed by atoms with Gasteiger partial charge in [0.15, 0.2) is 0 Å². The lowest BCUT2D eigenvalue weighted by Crippen LogP contribution is -2.46. The van der Waals surface area contributed by atoms with Crippen molar-refractivity contribution in [1.82, 2.24) is 5.32 Å². The number of hydrogen-bond acceptors (Lipinski definition) is 2. The van der Waals surface area contributed by atoms with Crippen molar-refractivity contribution in [3.05, 3.63) is 0 Å². The summed E-state index contributed by atoms with van der Waals surface area (Å²) in [7, 11) is 0. The average Bonchev–Trinajstić information content (AvgIpc) is 1.80. The van der Waals surface area contributed by atoms with Crippen LogP contribution in [-0.2, 0) is 0 Å². The Morgan fingerprint density at radius 2 is 2.20 bits per heavy atom. The molecule has 0 saturated carbocycles. The number of hydrogen-bond donors (Lipinski definition) is 2. The van der Waals surface area contributed by atoms with Crippen LogP contribution in [0.5, 0.6) is 0 Å². The third-order valence-corrected chi connectivity index (χ3v) is 2.28. The summed E-state index contributed by atoms with van der Waals surface area (Å²) in [4.78, 5) is 0. The van der Waals surface area contributed by atoms with Crippen LogP contribution >= 0.6 is 0 Å². The molecule has 60 valence electrons. The van der Waals surface area contributed by atoms with Crippen molar-refractivity contribution in [1.29, 1.82) is 0 Å². The first-order valence-electron chi connectivity index (χ1n) is 4.07. The van der Waals surface area contributed by atoms with Crippen LogP contribution in [0.2, 0.25) is 0 Å². The maximum absolute atomic E-state index is 5.61. The molecule has 0 aromatic heterocycles. The highest BCUT2D eigenvalue weighted by Gasteiger charge is 2.25. The highest BCUT2D eigenvalue weighted by Crippen LogP contribution is 2.23. The van der Waals surface area contributed by atoms with Gasteiger partial charge in [-0.05, 0) is 31.3 Å². The Hall–Kier alpha value is -0.0800. The highest BCUT2D eigenvalue weighted by atomic mass is 15.0. The van der Waals surface area contributed by atoms with E-state index in [-0.39, 0.29) is 0 Å². The summed E-state index contributed by atoms with van der Waals surface area (Å²) in [6.45, 7) is 6.45. The largest absolute Gasteiger partial charge is 0.330 e. The summed E-state index contributed by atoms with van der Waals surface area (Å²) in [5.74, 6) is 0. The lowest BCUT2D eigenvalue weighted by atomic mass is 9.83. The van der Waals surface area contributed by atoms with Crippen molar-refractivity contribution in [3.63, 3.8) is 0 Å². The summed E-state index contributed by atoms with van der Waals surface area (Å²) in [5, 5.41) is 3.38. The van der Waals surface area contributed by atoms with E-state index in [1.807, 2.05) is 0 Å². The van der Waals surface area contributed by atoms with Gasteiger partial charge in [-0.15, -0.1) is 0 Å². The van der Waals surface area contributed by atoms with E-state index in [2.05, 4.69) is 19.2 Å². The molecule has 0 aromatic rings. The molecule has 0 aliphatic carbocycles. The molecule has 1 rings (SSSR count). The molecule has 3 N–H and O–H groups in total. The van der Waals surface area contributed by atoms with Crippen LogP contribution in [0.1, 0.15) is 26.7 Å². The van der Waals surface area contributed by atoms with Crippen LogP contribution in [0, 0.1) is 5.41 Å². The number of nitrogens with two attached hydrogens (primary N) is 1. The van der Waals surface area contributed by atoms with Crippen molar-refractivity contribution >= 4 is 0 Å². The van der Waals surface area contributed by atoms with Gasteiger partial charge in [0.1, 0.15) is 0 Å². The lowest BCUT2D eigenvalue weighted by Gasteiger charge is -2.34. The van der Waals surface area contributed by atoms with Gasteiger partial charge in [-0.25, -0.2) is 0 Å². The van der Waals surface area contributed by atoms with Gasteiger partial charge >= 0.3 is 0 Å². The predicted molar refractivity (Wildman–Crippen MR) is 43.9 cm³/mol. The second-order valence-corrected chi connectivity index (χ2v) is 4.01. The van der Waals surface area contributed by atoms with Crippen LogP contribution in [0.25, 0.3) is 0 Å². The molecule has 1 atom stereocenters. The maximum atomic E-state index is 5.61. The highest BCUT2D eigenvalue weighted by molar-refractivity contribution is 4.84. The van der Waals surface area contributed by atoms with Crippen LogP contribution in [0.4, 0.5) is 0 Å². The molecule has 0 amide bonds. The SMILES string of the molecule is CC(C)(CN)CC1CCN1. The molecule has 1 heterocycles. The van der Waals surface area contributed by atoms with Crippen LogP contribution in [0.15, 0.2) is 0 Å². The molecule has 0 spiro atoms. The van der Waals surface area contributed by atoms with Crippen molar-refractivity contribution < 1.29 is 0 Å². The van der Waals surface area contributed by atoms with Gasteiger partial charge in [-0.3, -0.25) is 0 Å². The first kappa shape index (κ1) is 8.02. The van der Waals surface area contributed by atoms with E-state index in [1.165, 1.54) is 19.4 Å². The summed E-state index contributed by atoms with van der Waals surface area (Å²) < 4.78 is 0. The Balaban J connectivity index is 2.21. The molecule has 1 aliphatic rings. The third kappa shape index (κ3) is 1.96. The monoisotopic (exact) mass is 142 g/mol. The Bertz CT molecular complexity index is 106. The van der Waals surface area contributed by atoms with E-state index < -0.39 is 0 Å². The van der Waals surface area contributed by atoms with Gasteiger partial charge < -0.3 is 11.1 Å². The van der Waals surface area contributed by atoms with E-state index in [0.717, 1.165) is 12.6 Å². The lowest BCUT2D eigenvalue weighted by molar-refractivity contribution is 0.237. The van der Waals surface area contributed by atoms with E-state index in [1.54, 1.807) is 0 Å². The van der Waals surface area contributed by atoms with Gasteiger partial charge in [0, 0.05) is 6.04 Å². The van der Waals surface area contributed by atoms with Gasteiger partial charge in [-0.1, -0.05) is 13.8 Å². The van der Waals surface area contributed by atoms with Crippen molar-refractivity contribution in [3.8, 4) is 0 Å². The van der Waals surface area contributed by atoms with Gasteiger partial charge in [0.2, 0.25) is 0 Å². The topological polar surface area (TPSA) is 38.0 Å². The molecule has 2 nitrogen and oxygen atoms in total. The standard InChI is InChI=1S/C8H18N2/c1-8(2,6-9)5-7-3-4-10-7/h7,10H,3-6,9H2,1-2H3. The van der Waals surface area contributed by atoms with E-state index in [4.69, 9.17) is 5.73 Å². The van der Waals surface area contributed by atoms with E-state index >= 15 is 0 Å². The first-order valence-corrected chi connectivity index (χ1v) is 4.07. The van der Waals surface area contributed by atoms with Crippen molar-refractivity contribution in [2.24, 2.45) is 11.1 Å². The van der Waals surface area contributed by atoms with Crippen molar-refractivity contribution in [2.45, 2.75) is 32.7 Å². The fraction of sp³-hybridized carbons (Fsp3) is 1.00. The second-order valence-electron chi connectivity index (χ2n) is 4.01. The molecule has 1 unspecified atom stereocenters. The van der Waals surface area contributed by atoms with Crippen LogP contribution in [-0.4, -0.2) is 19.1 Å². The molecule has 0 bridgehead atoms. The number of rotatable bonds is 3. The van der Waals surface area contributed by atoms with Gasteiger partial charge in [-0.2, -0.15) is 0 Å². The minimum Gasteiger partial charge on any atom is -0.330 e. The summed E-state index contributed by atoms with van der Waals surface area (Å²) in [6, 6.07) is 0.749. The Kier molecular flexibility index (Phi) is 2.32. The first-order chi connectivity index (χ1) is 4.64. The Labute approximate surface area is 63.2 Å². The van der Waals surface area contributed by atoms with E-state index in [0.29, 0.717) is 5.41 Å². The number of nitrogens with one attached hydrogen (secondary N) is 1. The van der Waals surface area contributed by atoms with Gasteiger partial charge in [0.05, 0.1) is 0 Å². The van der Waals surface area contributed by atoms with Crippen molar-refractivity contribution in [2.75, 3.05) is 13.1 Å². The summed E-state index contributed by atoms with van der Waals surface area (Å²) in [6.07, 6.45) is 2.56. The Morgan fingerprint density at radius 1 is 1.60 bits per heavy atom. The molecule has 1 saturated heterocycles. The zero-order chi connectivity index (χ0) is 7.61. The summed E-state index contributed by atoms with van der Waals surface area (Å²) >= 11 is 0. The van der Waals surface area contributed by atoms with E-state index in [9.17, 15) is 0 Å². The second kappa shape index (κ2) is 2.89. The van der Waals surface area contributed by atoms with Crippen LogP contribution in [0.3, 0.4) is 0 Å². The molecule has 0 aromatic carbocycles. The molecule has 0 radical (unpaired) electrons. The molecular weight excluding hydrogens is 124 g/mol. The summed E-state index contributed by atoms with van der Waals surface area (Å²) in [5.41, 5.74) is 5.94. The minimum absolute atomic E-state index is 0.331. The molecule has 1 aliphatic heterocycles. The minimum atomic E-state index is 0.331. The molecule has 2 heteroatoms. The predicted octanol–water partition coefficient (Wildman–Crippen LogP) is 0.723. The zero-order valence-electron chi connectivity index (χ0n) is 6.98. The average molecular weight is 142 g/mol. The Morgan fingerprint density at radius 3 is 2.50 bits per heavy atom. The maximum Gasteiger partial charge on any atom is 0.00847 e.